The van der Waals surface area contributed by atoms with Crippen molar-refractivity contribution in [3.05, 3.63) is 61.1 Å². The van der Waals surface area contributed by atoms with Crippen molar-refractivity contribution >= 4 is 0 Å². The van der Waals surface area contributed by atoms with Gasteiger partial charge < -0.3 is 4.98 Å². The maximum absolute atomic E-state index is 4.56. The van der Waals surface area contributed by atoms with Crippen molar-refractivity contribution in [1.29, 1.82) is 0 Å². The Balaban J connectivity index is 0.00000128. The average Bonchev–Trinajstić information content (AvgIpc) is 2.31. The Bertz CT molecular complexity index is 426. The van der Waals surface area contributed by atoms with E-state index in [2.05, 4.69) is 18.0 Å². The van der Waals surface area contributed by atoms with Crippen LogP contribution < -0.4 is 0 Å². The predicted octanol–water partition coefficient (Wildman–Crippen LogP) is 3.31. The first kappa shape index (κ1) is 13.1. The number of rotatable bonds is 3. The van der Waals surface area contributed by atoms with E-state index in [1.165, 1.54) is 0 Å². The van der Waals surface area contributed by atoms with Crippen LogP contribution in [0.15, 0.2) is 42.5 Å². The number of nitrogens with zero attached hydrogens (tertiary/aromatic N) is 1. The third kappa shape index (κ3) is 3.28. The zero-order valence-corrected chi connectivity index (χ0v) is 11.2. The molecule has 1 heterocycles. The van der Waals surface area contributed by atoms with E-state index in [0.717, 1.165) is 29.8 Å². The average molecular weight is 390 g/mol. The molecular formula is C14H13NPt-. The van der Waals surface area contributed by atoms with E-state index in [1.54, 1.807) is 0 Å². The first-order valence-corrected chi connectivity index (χ1v) is 5.12. The second kappa shape index (κ2) is 6.60. The van der Waals surface area contributed by atoms with E-state index >= 15 is 0 Å². The molecule has 0 aliphatic rings. The van der Waals surface area contributed by atoms with Gasteiger partial charge in [-0.1, -0.05) is 19.1 Å². The summed E-state index contributed by atoms with van der Waals surface area (Å²) in [7, 11) is 0. The molecular weight excluding hydrogens is 377 g/mol. The molecule has 0 N–H and O–H groups in total. The van der Waals surface area contributed by atoms with Gasteiger partial charge in [-0.15, -0.1) is 35.9 Å². The van der Waals surface area contributed by atoms with Crippen LogP contribution in [0, 0.1) is 13.0 Å². The molecule has 1 aromatic heterocycles. The van der Waals surface area contributed by atoms with Crippen LogP contribution in [0.25, 0.3) is 11.3 Å². The molecule has 2 aromatic rings. The largest absolute Gasteiger partial charge is 0.301 e. The Labute approximate surface area is 111 Å². The minimum atomic E-state index is 0. The Morgan fingerprint density at radius 2 is 2.00 bits per heavy atom. The maximum atomic E-state index is 4.56. The Kier molecular flexibility index (Phi) is 5.41. The minimum Gasteiger partial charge on any atom is -0.301 e. The standard InChI is InChI=1S/C14H13N.Pt/c1-2-7-13-10-6-11-14(15-13)12-8-4-3-5-9-12;/h3-6,8,10-11H,1-2,7H2;/q-1;. The molecule has 0 unspecified atom stereocenters. The summed E-state index contributed by atoms with van der Waals surface area (Å²) in [5.74, 6) is 0. The molecule has 0 saturated carbocycles. The molecule has 0 spiro atoms. The van der Waals surface area contributed by atoms with Crippen LogP contribution in [0.2, 0.25) is 0 Å². The fraction of sp³-hybridized carbons (Fsp3) is 0.143. The van der Waals surface area contributed by atoms with E-state index in [-0.39, 0.29) is 21.1 Å². The van der Waals surface area contributed by atoms with Gasteiger partial charge in [0.15, 0.2) is 0 Å². The van der Waals surface area contributed by atoms with Crippen molar-refractivity contribution in [1.82, 2.24) is 4.98 Å². The van der Waals surface area contributed by atoms with Crippen LogP contribution in [0.1, 0.15) is 12.1 Å². The molecule has 16 heavy (non-hydrogen) atoms. The van der Waals surface area contributed by atoms with Gasteiger partial charge in [0.2, 0.25) is 0 Å². The van der Waals surface area contributed by atoms with Gasteiger partial charge in [0.05, 0.1) is 0 Å². The van der Waals surface area contributed by atoms with E-state index in [4.69, 9.17) is 0 Å². The van der Waals surface area contributed by atoms with Crippen molar-refractivity contribution in [2.24, 2.45) is 0 Å². The zero-order chi connectivity index (χ0) is 10.5. The SMILES string of the molecule is [CH2]CCc1cccc(-c2[c-]cccc2)n1.[Pt]. The molecule has 0 aliphatic carbocycles. The monoisotopic (exact) mass is 390 g/mol. The third-order valence-corrected chi connectivity index (χ3v) is 2.22. The van der Waals surface area contributed by atoms with Crippen molar-refractivity contribution in [3.8, 4) is 11.3 Å². The molecule has 0 fully saturated rings. The summed E-state index contributed by atoms with van der Waals surface area (Å²) in [5, 5.41) is 0. The third-order valence-electron chi connectivity index (χ3n) is 2.22. The summed E-state index contributed by atoms with van der Waals surface area (Å²) < 4.78 is 0. The van der Waals surface area contributed by atoms with E-state index < -0.39 is 0 Å². The van der Waals surface area contributed by atoms with Gasteiger partial charge >= 0.3 is 0 Å². The van der Waals surface area contributed by atoms with Crippen LogP contribution in [-0.2, 0) is 27.5 Å². The smallest absolute Gasteiger partial charge is 0.0297 e. The number of hydrogen-bond acceptors (Lipinski definition) is 1. The summed E-state index contributed by atoms with van der Waals surface area (Å²) in [6, 6.07) is 17.2. The van der Waals surface area contributed by atoms with Crippen LogP contribution in [0.4, 0.5) is 0 Å². The molecule has 1 aromatic carbocycles. The second-order valence-corrected chi connectivity index (χ2v) is 3.39. The van der Waals surface area contributed by atoms with E-state index in [1.807, 2.05) is 42.5 Å². The van der Waals surface area contributed by atoms with E-state index in [9.17, 15) is 0 Å². The van der Waals surface area contributed by atoms with Gasteiger partial charge in [-0.05, 0) is 24.6 Å². The topological polar surface area (TPSA) is 12.9 Å². The van der Waals surface area contributed by atoms with Crippen LogP contribution in [0.5, 0.6) is 0 Å². The number of aryl methyl sites for hydroxylation is 1. The summed E-state index contributed by atoms with van der Waals surface area (Å²) in [5.41, 5.74) is 3.13. The van der Waals surface area contributed by atoms with Gasteiger partial charge in [0, 0.05) is 26.8 Å². The fourth-order valence-electron chi connectivity index (χ4n) is 1.50. The molecule has 0 bridgehead atoms. The maximum Gasteiger partial charge on any atom is 0.0297 e. The molecule has 0 amide bonds. The number of benzene rings is 1. The summed E-state index contributed by atoms with van der Waals surface area (Å²) in [4.78, 5) is 4.56. The van der Waals surface area contributed by atoms with E-state index in [0.29, 0.717) is 0 Å². The number of aromatic nitrogens is 1. The molecule has 1 nitrogen and oxygen atoms in total. The van der Waals surface area contributed by atoms with Crippen molar-refractivity contribution in [2.45, 2.75) is 12.8 Å². The quantitative estimate of drug-likeness (QED) is 0.733. The van der Waals surface area contributed by atoms with Gasteiger partial charge in [0.1, 0.15) is 0 Å². The zero-order valence-electron chi connectivity index (χ0n) is 8.93. The van der Waals surface area contributed by atoms with Crippen LogP contribution in [-0.4, -0.2) is 4.98 Å². The first-order chi connectivity index (χ1) is 7.40. The Morgan fingerprint density at radius 3 is 2.69 bits per heavy atom. The van der Waals surface area contributed by atoms with Crippen LogP contribution in [0.3, 0.4) is 0 Å². The molecule has 0 saturated heterocycles. The second-order valence-electron chi connectivity index (χ2n) is 3.39. The fourth-order valence-corrected chi connectivity index (χ4v) is 1.50. The van der Waals surface area contributed by atoms with Gasteiger partial charge in [-0.25, -0.2) is 0 Å². The Morgan fingerprint density at radius 1 is 1.12 bits per heavy atom. The molecule has 0 atom stereocenters. The van der Waals surface area contributed by atoms with Crippen LogP contribution >= 0.6 is 0 Å². The molecule has 1 radical (unpaired) electrons. The molecule has 2 rings (SSSR count). The Hall–Kier alpha value is -0.942. The number of pyridine rings is 1. The molecule has 0 aliphatic heterocycles. The summed E-state index contributed by atoms with van der Waals surface area (Å²) in [6.07, 6.45) is 1.82. The number of hydrogen-bond donors (Lipinski definition) is 0. The normalized spacial score (nSPS) is 9.56. The molecule has 2 heteroatoms. The van der Waals surface area contributed by atoms with Crippen molar-refractivity contribution in [2.75, 3.05) is 0 Å². The van der Waals surface area contributed by atoms with Gasteiger partial charge in [-0.3, -0.25) is 0 Å². The first-order valence-electron chi connectivity index (χ1n) is 5.12. The minimum absolute atomic E-state index is 0. The summed E-state index contributed by atoms with van der Waals surface area (Å²) in [6.45, 7) is 3.84. The molecule has 85 valence electrons. The van der Waals surface area contributed by atoms with Gasteiger partial charge in [0.25, 0.3) is 0 Å². The van der Waals surface area contributed by atoms with Gasteiger partial charge in [-0.2, -0.15) is 0 Å². The predicted molar refractivity (Wildman–Crippen MR) is 62.2 cm³/mol. The van der Waals surface area contributed by atoms with Crippen molar-refractivity contribution < 1.29 is 21.1 Å². The summed E-state index contributed by atoms with van der Waals surface area (Å²) >= 11 is 0. The van der Waals surface area contributed by atoms with Crippen molar-refractivity contribution in [3.63, 3.8) is 0 Å².